The van der Waals surface area contributed by atoms with Crippen molar-refractivity contribution in [2.24, 2.45) is 0 Å². The van der Waals surface area contributed by atoms with Gasteiger partial charge >= 0.3 is 0 Å². The van der Waals surface area contributed by atoms with E-state index in [1.165, 1.54) is 12.1 Å². The van der Waals surface area contributed by atoms with Gasteiger partial charge in [0, 0.05) is 49.3 Å². The monoisotopic (exact) mass is 423 g/mol. The van der Waals surface area contributed by atoms with E-state index in [4.69, 9.17) is 23.2 Å². The van der Waals surface area contributed by atoms with E-state index in [-0.39, 0.29) is 29.7 Å². The third-order valence-corrected chi connectivity index (χ3v) is 5.72. The maximum atomic E-state index is 12.2. The van der Waals surface area contributed by atoms with E-state index in [1.54, 1.807) is 6.92 Å². The van der Waals surface area contributed by atoms with E-state index in [9.17, 15) is 8.42 Å². The lowest BCUT2D eigenvalue weighted by Gasteiger charge is -2.27. The maximum Gasteiger partial charge on any atom is 0.240 e. The van der Waals surface area contributed by atoms with Crippen molar-refractivity contribution in [3.63, 3.8) is 0 Å². The molecule has 1 heterocycles. The Morgan fingerprint density at radius 3 is 2.22 bits per heavy atom. The Kier molecular flexibility index (Phi) is 10.4. The van der Waals surface area contributed by atoms with Gasteiger partial charge in [0.2, 0.25) is 10.0 Å². The molecule has 0 aromatic heterocycles. The van der Waals surface area contributed by atoms with Crippen LogP contribution < -0.4 is 10.0 Å². The first kappa shape index (κ1) is 23.2. The van der Waals surface area contributed by atoms with E-state index in [1.807, 2.05) is 0 Å². The predicted octanol–water partition coefficient (Wildman–Crippen LogP) is 2.33. The molecular weight excluding hydrogens is 404 g/mol. The maximum absolute atomic E-state index is 12.2. The van der Waals surface area contributed by atoms with Gasteiger partial charge in [0.15, 0.2) is 0 Å². The second-order valence-electron chi connectivity index (χ2n) is 5.00. The standard InChI is InChI=1S/C13H19Cl2N3O2S.2ClH/c1-10-12(14)8-11(9-13(10)15)21(19,20)17-4-7-18-5-2-16-3-6-18;;/h8-9,16-17H,2-7H2,1H3;2*1H. The van der Waals surface area contributed by atoms with E-state index < -0.39 is 10.0 Å². The first-order valence-electron chi connectivity index (χ1n) is 6.78. The van der Waals surface area contributed by atoms with Crippen molar-refractivity contribution in [3.05, 3.63) is 27.7 Å². The molecule has 23 heavy (non-hydrogen) atoms. The van der Waals surface area contributed by atoms with Crippen LogP contribution >= 0.6 is 48.0 Å². The van der Waals surface area contributed by atoms with Crippen LogP contribution in [-0.4, -0.2) is 52.6 Å². The lowest BCUT2D eigenvalue weighted by molar-refractivity contribution is 0.245. The van der Waals surface area contributed by atoms with Gasteiger partial charge in [0.05, 0.1) is 4.90 Å². The largest absolute Gasteiger partial charge is 0.314 e. The molecule has 1 saturated heterocycles. The van der Waals surface area contributed by atoms with Gasteiger partial charge in [0.25, 0.3) is 0 Å². The number of benzene rings is 1. The number of piperazine rings is 1. The zero-order valence-corrected chi connectivity index (χ0v) is 16.6. The molecule has 0 radical (unpaired) electrons. The third-order valence-electron chi connectivity index (χ3n) is 3.49. The molecule has 2 N–H and O–H groups in total. The summed E-state index contributed by atoms with van der Waals surface area (Å²) in [5, 5.41) is 3.96. The second kappa shape index (κ2) is 10.3. The molecule has 0 atom stereocenters. The van der Waals surface area contributed by atoms with Crippen molar-refractivity contribution in [2.45, 2.75) is 11.8 Å². The predicted molar refractivity (Wildman–Crippen MR) is 100 cm³/mol. The highest BCUT2D eigenvalue weighted by atomic mass is 35.5. The van der Waals surface area contributed by atoms with Crippen LogP contribution in [0.1, 0.15) is 5.56 Å². The Balaban J connectivity index is 0.00000242. The fourth-order valence-corrected chi connectivity index (χ4v) is 3.82. The number of rotatable bonds is 5. The highest BCUT2D eigenvalue weighted by Gasteiger charge is 2.17. The molecule has 1 aliphatic heterocycles. The minimum atomic E-state index is -3.58. The van der Waals surface area contributed by atoms with Crippen molar-refractivity contribution in [2.75, 3.05) is 39.3 Å². The summed E-state index contributed by atoms with van der Waals surface area (Å²) in [6, 6.07) is 2.85. The van der Waals surface area contributed by atoms with Crippen LogP contribution in [-0.2, 0) is 10.0 Å². The van der Waals surface area contributed by atoms with Crippen molar-refractivity contribution >= 4 is 58.0 Å². The number of halogens is 4. The second-order valence-corrected chi connectivity index (χ2v) is 7.58. The van der Waals surface area contributed by atoms with E-state index >= 15 is 0 Å². The Morgan fingerprint density at radius 2 is 1.70 bits per heavy atom. The first-order valence-corrected chi connectivity index (χ1v) is 9.02. The minimum absolute atomic E-state index is 0. The lowest BCUT2D eigenvalue weighted by atomic mass is 10.2. The van der Waals surface area contributed by atoms with Crippen molar-refractivity contribution in [1.82, 2.24) is 14.9 Å². The zero-order chi connectivity index (χ0) is 15.5. The Morgan fingerprint density at radius 1 is 1.17 bits per heavy atom. The molecule has 1 aromatic carbocycles. The summed E-state index contributed by atoms with van der Waals surface area (Å²) >= 11 is 12.0. The summed E-state index contributed by atoms with van der Waals surface area (Å²) in [6.07, 6.45) is 0. The summed E-state index contributed by atoms with van der Waals surface area (Å²) < 4.78 is 27.1. The van der Waals surface area contributed by atoms with Crippen LogP contribution in [0.5, 0.6) is 0 Å². The van der Waals surface area contributed by atoms with Gasteiger partial charge in [-0.05, 0) is 24.6 Å². The van der Waals surface area contributed by atoms with Gasteiger partial charge < -0.3 is 5.32 Å². The molecule has 0 spiro atoms. The Hall–Kier alpha value is 0.210. The molecule has 0 aliphatic carbocycles. The van der Waals surface area contributed by atoms with Crippen molar-refractivity contribution in [1.29, 1.82) is 0 Å². The Bertz CT molecular complexity index is 584. The normalized spacial score (nSPS) is 15.6. The number of nitrogens with one attached hydrogen (secondary N) is 2. The first-order chi connectivity index (χ1) is 9.90. The van der Waals surface area contributed by atoms with Gasteiger partial charge in [-0.2, -0.15) is 0 Å². The number of hydrogen-bond acceptors (Lipinski definition) is 4. The highest BCUT2D eigenvalue weighted by molar-refractivity contribution is 7.89. The molecule has 1 aromatic rings. The fraction of sp³-hybridized carbons (Fsp3) is 0.538. The van der Waals surface area contributed by atoms with Crippen LogP contribution in [0.25, 0.3) is 0 Å². The quantitative estimate of drug-likeness (QED) is 0.761. The zero-order valence-electron chi connectivity index (χ0n) is 12.6. The third kappa shape index (κ3) is 6.55. The molecule has 2 rings (SSSR count). The summed E-state index contributed by atoms with van der Waals surface area (Å²) in [4.78, 5) is 2.32. The van der Waals surface area contributed by atoms with Crippen molar-refractivity contribution in [3.8, 4) is 0 Å². The molecular formula is C13H21Cl4N3O2S. The van der Waals surface area contributed by atoms with Crippen LogP contribution in [0.3, 0.4) is 0 Å². The molecule has 1 aliphatic rings. The van der Waals surface area contributed by atoms with Gasteiger partial charge in [-0.15, -0.1) is 24.8 Å². The van der Waals surface area contributed by atoms with Gasteiger partial charge in [-0.25, -0.2) is 13.1 Å². The summed E-state index contributed by atoms with van der Waals surface area (Å²) in [7, 11) is -3.58. The smallest absolute Gasteiger partial charge is 0.240 e. The fourth-order valence-electron chi connectivity index (χ4n) is 2.13. The molecule has 0 bridgehead atoms. The summed E-state index contributed by atoms with van der Waals surface area (Å²) in [5.74, 6) is 0. The highest BCUT2D eigenvalue weighted by Crippen LogP contribution is 2.27. The minimum Gasteiger partial charge on any atom is -0.314 e. The van der Waals surface area contributed by atoms with Gasteiger partial charge in [-0.3, -0.25) is 4.90 Å². The average Bonchev–Trinajstić information content (AvgIpc) is 2.45. The van der Waals surface area contributed by atoms with Gasteiger partial charge in [0.1, 0.15) is 0 Å². The van der Waals surface area contributed by atoms with E-state index in [2.05, 4.69) is 14.9 Å². The Labute approximate surface area is 160 Å². The SMILES string of the molecule is Cc1c(Cl)cc(S(=O)(=O)NCCN2CCNCC2)cc1Cl.Cl.Cl. The molecule has 10 heteroatoms. The lowest BCUT2D eigenvalue weighted by Crippen LogP contribution is -2.46. The average molecular weight is 425 g/mol. The van der Waals surface area contributed by atoms with Crippen LogP contribution in [0.4, 0.5) is 0 Å². The van der Waals surface area contributed by atoms with Gasteiger partial charge in [-0.1, -0.05) is 23.2 Å². The number of sulfonamides is 1. The van der Waals surface area contributed by atoms with Crippen molar-refractivity contribution < 1.29 is 8.42 Å². The molecule has 134 valence electrons. The molecule has 0 unspecified atom stereocenters. The molecule has 0 amide bonds. The molecule has 5 nitrogen and oxygen atoms in total. The van der Waals surface area contributed by atoms with Crippen LogP contribution in [0, 0.1) is 6.92 Å². The van der Waals surface area contributed by atoms with E-state index in [0.717, 1.165) is 26.2 Å². The topological polar surface area (TPSA) is 61.4 Å². The van der Waals surface area contributed by atoms with E-state index in [0.29, 0.717) is 28.7 Å². The number of hydrogen-bond donors (Lipinski definition) is 2. The summed E-state index contributed by atoms with van der Waals surface area (Å²) in [5.41, 5.74) is 0.679. The number of nitrogens with zero attached hydrogens (tertiary/aromatic N) is 1. The summed E-state index contributed by atoms with van der Waals surface area (Å²) in [6.45, 7) is 6.55. The van der Waals surface area contributed by atoms with Crippen LogP contribution in [0.15, 0.2) is 17.0 Å². The van der Waals surface area contributed by atoms with Crippen LogP contribution in [0.2, 0.25) is 10.0 Å². The molecule has 1 fully saturated rings. The molecule has 0 saturated carbocycles.